The van der Waals surface area contributed by atoms with E-state index in [-0.39, 0.29) is 32.3 Å². The number of carbonyl (C=O) groups is 2. The molecule has 39 heavy (non-hydrogen) atoms. The third-order valence-electron chi connectivity index (χ3n) is 9.77. The Morgan fingerprint density at radius 1 is 1.18 bits per heavy atom. The lowest BCUT2D eigenvalue weighted by molar-refractivity contribution is -0.233. The van der Waals surface area contributed by atoms with Crippen LogP contribution in [0.3, 0.4) is 0 Å². The van der Waals surface area contributed by atoms with Crippen molar-refractivity contribution in [2.45, 2.75) is 88.7 Å². The van der Waals surface area contributed by atoms with Crippen LogP contribution in [0.1, 0.15) is 46.5 Å². The van der Waals surface area contributed by atoms with E-state index in [9.17, 15) is 24.9 Å². The van der Waals surface area contributed by atoms with Crippen molar-refractivity contribution in [3.05, 3.63) is 36.0 Å². The van der Waals surface area contributed by atoms with E-state index in [1.165, 1.54) is 12.2 Å². The highest BCUT2D eigenvalue weighted by atomic mass is 16.6. The molecule has 10 heteroatoms. The minimum absolute atomic E-state index is 0.0239. The Labute approximate surface area is 228 Å². The number of carbonyl (C=O) groups excluding carboxylic acids is 2. The Kier molecular flexibility index (Phi) is 7.82. The van der Waals surface area contributed by atoms with E-state index in [1.807, 2.05) is 6.08 Å². The molecule has 2 saturated heterocycles. The van der Waals surface area contributed by atoms with Gasteiger partial charge in [-0.2, -0.15) is 0 Å². The smallest absolute Gasteiger partial charge is 0.331 e. The zero-order valence-corrected chi connectivity index (χ0v) is 22.8. The topological polar surface area (TPSA) is 144 Å². The zero-order valence-electron chi connectivity index (χ0n) is 22.8. The van der Waals surface area contributed by atoms with Gasteiger partial charge in [-0.25, -0.2) is 4.79 Å². The fourth-order valence-electron chi connectivity index (χ4n) is 7.07. The molecule has 0 aromatic heterocycles. The molecule has 1 saturated carbocycles. The predicted molar refractivity (Wildman–Crippen MR) is 137 cm³/mol. The Balaban J connectivity index is 1.50. The van der Waals surface area contributed by atoms with E-state index in [0.29, 0.717) is 25.9 Å². The van der Waals surface area contributed by atoms with Crippen LogP contribution in [0.25, 0.3) is 0 Å². The van der Waals surface area contributed by atoms with Gasteiger partial charge in [0.15, 0.2) is 0 Å². The Morgan fingerprint density at radius 2 is 1.95 bits per heavy atom. The molecule has 216 valence electrons. The maximum atomic E-state index is 13.0. The van der Waals surface area contributed by atoms with Gasteiger partial charge < -0.3 is 39.0 Å². The molecular weight excluding hydrogens is 508 g/mol. The largest absolute Gasteiger partial charge is 0.465 e. The number of ether oxygens (including phenoxy) is 5. The van der Waals surface area contributed by atoms with Crippen LogP contribution >= 0.6 is 0 Å². The Bertz CT molecular complexity index is 1040. The molecule has 2 bridgehead atoms. The lowest BCUT2D eigenvalue weighted by Gasteiger charge is -2.58. The first kappa shape index (κ1) is 28.4. The molecule has 3 heterocycles. The molecule has 2 spiro atoms. The van der Waals surface area contributed by atoms with Crippen LogP contribution in [-0.4, -0.2) is 95.9 Å². The van der Waals surface area contributed by atoms with Crippen molar-refractivity contribution in [3.63, 3.8) is 0 Å². The van der Waals surface area contributed by atoms with E-state index in [2.05, 4.69) is 6.92 Å². The van der Waals surface area contributed by atoms with Crippen molar-refractivity contribution in [1.82, 2.24) is 0 Å². The average molecular weight is 549 g/mol. The van der Waals surface area contributed by atoms with Gasteiger partial charge >= 0.3 is 11.9 Å². The van der Waals surface area contributed by atoms with Gasteiger partial charge in [0.2, 0.25) is 0 Å². The molecule has 10 atom stereocenters. The summed E-state index contributed by atoms with van der Waals surface area (Å²) in [6.07, 6.45) is 5.72. The number of epoxide rings is 1. The summed E-state index contributed by atoms with van der Waals surface area (Å²) in [5, 5.41) is 30.5. The molecule has 3 N–H and O–H groups in total. The molecule has 0 aromatic carbocycles. The van der Waals surface area contributed by atoms with E-state index < -0.39 is 64.8 Å². The molecule has 5 aliphatic rings. The molecule has 0 unspecified atom stereocenters. The van der Waals surface area contributed by atoms with Gasteiger partial charge in [-0.1, -0.05) is 38.2 Å². The van der Waals surface area contributed by atoms with E-state index in [4.69, 9.17) is 23.7 Å². The highest BCUT2D eigenvalue weighted by Crippen LogP contribution is 2.72. The van der Waals surface area contributed by atoms with Crippen molar-refractivity contribution >= 4 is 11.9 Å². The normalized spacial score (nSPS) is 47.1. The van der Waals surface area contributed by atoms with Crippen LogP contribution in [0.5, 0.6) is 0 Å². The standard InChI is InChI=1S/C29H40O10/c1-17-10-26(34)36-15-28-9-8-19(13-30)11-23(28)38-24-12-22(27(28,3)29(24)16-37-29)39-25(33)7-5-4-6-21(18(2)31)35-14-20(17)32/h4-7,11,17-18,20-24,30-32H,8-10,12-16H2,1-3H3/b6-4+,7-5+/t17-,18+,20+,21+,22-,23-,24-,27-,28+,29-/m0/s1. The maximum Gasteiger partial charge on any atom is 0.331 e. The summed E-state index contributed by atoms with van der Waals surface area (Å²) in [6, 6.07) is 0. The molecule has 0 aromatic rings. The second-order valence-corrected chi connectivity index (χ2v) is 11.9. The summed E-state index contributed by atoms with van der Waals surface area (Å²) >= 11 is 0. The van der Waals surface area contributed by atoms with E-state index >= 15 is 0 Å². The fraction of sp³-hybridized carbons (Fsp3) is 0.724. The molecule has 0 amide bonds. The molecular formula is C29H40O10. The Hall–Kier alpha value is -2.08. The second-order valence-electron chi connectivity index (χ2n) is 11.9. The van der Waals surface area contributed by atoms with Crippen molar-refractivity contribution in [1.29, 1.82) is 0 Å². The fourth-order valence-corrected chi connectivity index (χ4v) is 7.07. The summed E-state index contributed by atoms with van der Waals surface area (Å²) in [4.78, 5) is 26.0. The first-order valence-corrected chi connectivity index (χ1v) is 13.8. The van der Waals surface area contributed by atoms with E-state index in [0.717, 1.165) is 5.57 Å². The number of hydrogen-bond acceptors (Lipinski definition) is 10. The van der Waals surface area contributed by atoms with Gasteiger partial charge in [-0.05, 0) is 31.3 Å². The van der Waals surface area contributed by atoms with Gasteiger partial charge in [0.05, 0.1) is 56.1 Å². The van der Waals surface area contributed by atoms with Gasteiger partial charge in [-0.15, -0.1) is 0 Å². The van der Waals surface area contributed by atoms with Crippen LogP contribution in [0, 0.1) is 16.7 Å². The van der Waals surface area contributed by atoms with Gasteiger partial charge in [-0.3, -0.25) is 4.79 Å². The van der Waals surface area contributed by atoms with E-state index in [1.54, 1.807) is 26.0 Å². The number of cyclic esters (lactones) is 1. The number of rotatable bonds is 2. The summed E-state index contributed by atoms with van der Waals surface area (Å²) < 4.78 is 30.3. The predicted octanol–water partition coefficient (Wildman–Crippen LogP) is 1.37. The first-order valence-electron chi connectivity index (χ1n) is 13.8. The summed E-state index contributed by atoms with van der Waals surface area (Å²) in [6.45, 7) is 5.68. The zero-order chi connectivity index (χ0) is 28.0. The molecule has 3 aliphatic heterocycles. The van der Waals surface area contributed by atoms with Crippen molar-refractivity contribution < 1.29 is 48.6 Å². The van der Waals surface area contributed by atoms with Crippen LogP contribution in [0.15, 0.2) is 36.0 Å². The molecule has 3 fully saturated rings. The molecule has 0 radical (unpaired) electrons. The third-order valence-corrected chi connectivity index (χ3v) is 9.77. The van der Waals surface area contributed by atoms with Gasteiger partial charge in [0.25, 0.3) is 0 Å². The first-order chi connectivity index (χ1) is 18.6. The summed E-state index contributed by atoms with van der Waals surface area (Å²) in [5.74, 6) is -1.44. The lowest BCUT2D eigenvalue weighted by Crippen LogP contribution is -2.66. The number of aliphatic hydroxyl groups excluding tert-OH is 3. The third kappa shape index (κ3) is 4.79. The van der Waals surface area contributed by atoms with Crippen molar-refractivity contribution in [3.8, 4) is 0 Å². The van der Waals surface area contributed by atoms with Crippen LogP contribution in [0.4, 0.5) is 0 Å². The highest BCUT2D eigenvalue weighted by molar-refractivity contribution is 5.82. The number of aliphatic hydroxyl groups is 3. The monoisotopic (exact) mass is 548 g/mol. The average Bonchev–Trinajstić information content (AvgIpc) is 3.68. The Morgan fingerprint density at radius 3 is 2.64 bits per heavy atom. The quantitative estimate of drug-likeness (QED) is 0.263. The minimum atomic E-state index is -0.953. The molecule has 2 aliphatic carbocycles. The summed E-state index contributed by atoms with van der Waals surface area (Å²) in [7, 11) is 0. The van der Waals surface area contributed by atoms with Crippen LogP contribution < -0.4 is 0 Å². The SMILES string of the molecule is C[C@@H](O)[C@H]1/C=C/C=C/C(=O)O[C@H]2C[C@@H]3O[C@H]4C=C(CO)CC[C@]4(COC(=O)C[C@H](C)[C@H](O)CO1)[C@@]2(C)[C@]31CO1. The number of esters is 2. The number of hydrogen-bond donors (Lipinski definition) is 3. The lowest BCUT2D eigenvalue weighted by atomic mass is 9.51. The van der Waals surface area contributed by atoms with Crippen molar-refractivity contribution in [2.75, 3.05) is 26.4 Å². The van der Waals surface area contributed by atoms with Crippen LogP contribution in [-0.2, 0) is 33.3 Å². The second kappa shape index (κ2) is 10.7. The van der Waals surface area contributed by atoms with Gasteiger partial charge in [0.1, 0.15) is 24.4 Å². The van der Waals surface area contributed by atoms with Gasteiger partial charge in [0, 0.05) is 17.9 Å². The summed E-state index contributed by atoms with van der Waals surface area (Å²) in [5.41, 5.74) is -1.25. The molecule has 5 rings (SSSR count). The van der Waals surface area contributed by atoms with Crippen molar-refractivity contribution in [2.24, 2.45) is 16.7 Å². The maximum absolute atomic E-state index is 13.0. The minimum Gasteiger partial charge on any atom is -0.465 e. The highest BCUT2D eigenvalue weighted by Gasteiger charge is 2.83. The number of allylic oxidation sites excluding steroid dienone is 2. The van der Waals surface area contributed by atoms with Crippen LogP contribution in [0.2, 0.25) is 0 Å². The molecule has 10 nitrogen and oxygen atoms in total.